The third kappa shape index (κ3) is 6.23. The molecule has 8 nitrogen and oxygen atoms in total. The molecule has 2 N–H and O–H groups in total. The van der Waals surface area contributed by atoms with E-state index in [2.05, 4.69) is 10.6 Å². The summed E-state index contributed by atoms with van der Waals surface area (Å²) in [7, 11) is 0. The standard InChI is InChI=1S/C25H15Cl4N3O5/c26-14-2-1-3-17(10-14)32-24(35)18(23(34)31-25(32)36)9-13-8-15(27)4-7-21(13)37-12-22(33)30-16-5-6-19(28)20(29)11-16/h1-11H,12H2,(H,30,33)(H,31,34,36)/b18-9+. The summed E-state index contributed by atoms with van der Waals surface area (Å²) in [6.07, 6.45) is 1.22. The predicted octanol–water partition coefficient (Wildman–Crippen LogP) is 5.98. The number of rotatable bonds is 6. The Morgan fingerprint density at radius 1 is 0.919 bits per heavy atom. The van der Waals surface area contributed by atoms with Crippen LogP contribution in [-0.2, 0) is 14.4 Å². The third-order valence-electron chi connectivity index (χ3n) is 5.00. The van der Waals surface area contributed by atoms with E-state index >= 15 is 0 Å². The smallest absolute Gasteiger partial charge is 0.335 e. The lowest BCUT2D eigenvalue weighted by molar-refractivity contribution is -0.122. The normalized spacial score (nSPS) is 14.5. The molecular weight excluding hydrogens is 564 g/mol. The van der Waals surface area contributed by atoms with Crippen LogP contribution in [0.1, 0.15) is 5.56 Å². The summed E-state index contributed by atoms with van der Waals surface area (Å²) in [5, 5.41) is 5.93. The zero-order valence-electron chi connectivity index (χ0n) is 18.6. The van der Waals surface area contributed by atoms with Gasteiger partial charge in [0.05, 0.1) is 15.7 Å². The summed E-state index contributed by atoms with van der Waals surface area (Å²) in [6.45, 7) is -0.411. The second-order valence-corrected chi connectivity index (χ2v) is 9.27. The number of carbonyl (C=O) groups excluding carboxylic acids is 4. The molecule has 0 atom stereocenters. The minimum Gasteiger partial charge on any atom is -0.483 e. The second kappa shape index (κ2) is 11.2. The van der Waals surface area contributed by atoms with Crippen LogP contribution in [0.15, 0.2) is 66.2 Å². The van der Waals surface area contributed by atoms with Gasteiger partial charge in [0.25, 0.3) is 17.7 Å². The molecule has 12 heteroatoms. The predicted molar refractivity (Wildman–Crippen MR) is 142 cm³/mol. The van der Waals surface area contributed by atoms with Crippen molar-refractivity contribution in [2.24, 2.45) is 0 Å². The minimum absolute atomic E-state index is 0.160. The molecular formula is C25H15Cl4N3O5. The van der Waals surface area contributed by atoms with Crippen molar-refractivity contribution in [1.82, 2.24) is 5.32 Å². The zero-order chi connectivity index (χ0) is 26.7. The number of hydrogen-bond acceptors (Lipinski definition) is 5. The molecule has 1 aliphatic heterocycles. The molecule has 1 fully saturated rings. The quantitative estimate of drug-likeness (QED) is 0.276. The molecule has 4 rings (SSSR count). The number of carbonyl (C=O) groups is 4. The average molecular weight is 579 g/mol. The van der Waals surface area contributed by atoms with Gasteiger partial charge in [0.2, 0.25) is 0 Å². The molecule has 0 radical (unpaired) electrons. The van der Waals surface area contributed by atoms with Gasteiger partial charge in [0.15, 0.2) is 6.61 Å². The lowest BCUT2D eigenvalue weighted by Crippen LogP contribution is -2.54. The van der Waals surface area contributed by atoms with Crippen LogP contribution >= 0.6 is 46.4 Å². The molecule has 0 aromatic heterocycles. The Balaban J connectivity index is 1.57. The lowest BCUT2D eigenvalue weighted by atomic mass is 10.1. The second-order valence-electron chi connectivity index (χ2n) is 7.59. The number of nitrogens with one attached hydrogen (secondary N) is 2. The van der Waals surface area contributed by atoms with Gasteiger partial charge in [-0.2, -0.15) is 0 Å². The number of halogens is 4. The first-order valence-corrected chi connectivity index (χ1v) is 12.0. The van der Waals surface area contributed by atoms with E-state index in [0.29, 0.717) is 15.7 Å². The molecule has 0 saturated carbocycles. The highest BCUT2D eigenvalue weighted by molar-refractivity contribution is 6.42. The molecule has 3 aromatic carbocycles. The number of benzene rings is 3. The molecule has 1 saturated heterocycles. The van der Waals surface area contributed by atoms with Gasteiger partial charge >= 0.3 is 6.03 Å². The van der Waals surface area contributed by atoms with E-state index in [1.807, 2.05) is 0 Å². The van der Waals surface area contributed by atoms with Gasteiger partial charge in [-0.1, -0.05) is 52.5 Å². The van der Waals surface area contributed by atoms with Crippen LogP contribution in [0.4, 0.5) is 16.2 Å². The summed E-state index contributed by atoms with van der Waals surface area (Å²) < 4.78 is 5.63. The van der Waals surface area contributed by atoms with E-state index < -0.39 is 30.4 Å². The summed E-state index contributed by atoms with van der Waals surface area (Å²) in [5.41, 5.74) is 0.465. The molecule has 1 heterocycles. The van der Waals surface area contributed by atoms with Gasteiger partial charge in [-0.3, -0.25) is 19.7 Å². The first-order chi connectivity index (χ1) is 17.6. The maximum Gasteiger partial charge on any atom is 0.335 e. The van der Waals surface area contributed by atoms with Gasteiger partial charge < -0.3 is 10.1 Å². The van der Waals surface area contributed by atoms with Crippen LogP contribution in [0.5, 0.6) is 5.75 Å². The Bertz CT molecular complexity index is 1470. The fraction of sp³-hybridized carbons (Fsp3) is 0.0400. The number of barbiturate groups is 1. The number of anilines is 2. The van der Waals surface area contributed by atoms with Gasteiger partial charge in [-0.05, 0) is 60.7 Å². The maximum atomic E-state index is 13.2. The Morgan fingerprint density at radius 2 is 1.68 bits per heavy atom. The van der Waals surface area contributed by atoms with Crippen molar-refractivity contribution < 1.29 is 23.9 Å². The average Bonchev–Trinajstić information content (AvgIpc) is 2.83. The zero-order valence-corrected chi connectivity index (χ0v) is 21.6. The largest absolute Gasteiger partial charge is 0.483 e. The number of hydrogen-bond donors (Lipinski definition) is 2. The highest BCUT2D eigenvalue weighted by Crippen LogP contribution is 2.29. The van der Waals surface area contributed by atoms with Gasteiger partial charge in [0.1, 0.15) is 11.3 Å². The number of amides is 5. The Kier molecular flexibility index (Phi) is 8.04. The first kappa shape index (κ1) is 26.5. The summed E-state index contributed by atoms with van der Waals surface area (Å²) in [6, 6.07) is 14.2. The summed E-state index contributed by atoms with van der Waals surface area (Å²) in [5.74, 6) is -2.12. The fourth-order valence-corrected chi connectivity index (χ4v) is 4.00. The SMILES string of the molecule is O=C(COc1ccc(Cl)cc1/C=C1\C(=O)NC(=O)N(c2cccc(Cl)c2)C1=O)Nc1ccc(Cl)c(Cl)c1. The monoisotopic (exact) mass is 577 g/mol. The molecule has 0 bridgehead atoms. The van der Waals surface area contributed by atoms with Crippen molar-refractivity contribution in [2.45, 2.75) is 0 Å². The summed E-state index contributed by atoms with van der Waals surface area (Å²) in [4.78, 5) is 51.3. The minimum atomic E-state index is -0.920. The first-order valence-electron chi connectivity index (χ1n) is 10.5. The molecule has 0 unspecified atom stereocenters. The van der Waals surface area contributed by atoms with E-state index in [-0.39, 0.29) is 32.6 Å². The highest BCUT2D eigenvalue weighted by atomic mass is 35.5. The van der Waals surface area contributed by atoms with E-state index in [0.717, 1.165) is 4.90 Å². The van der Waals surface area contributed by atoms with Crippen LogP contribution in [0, 0.1) is 0 Å². The number of urea groups is 1. The van der Waals surface area contributed by atoms with Crippen molar-refractivity contribution in [1.29, 1.82) is 0 Å². The molecule has 37 heavy (non-hydrogen) atoms. The van der Waals surface area contributed by atoms with Gasteiger partial charge in [-0.25, -0.2) is 9.69 Å². The van der Waals surface area contributed by atoms with Crippen LogP contribution in [-0.4, -0.2) is 30.4 Å². The van der Waals surface area contributed by atoms with E-state index in [1.54, 1.807) is 18.2 Å². The van der Waals surface area contributed by atoms with Crippen molar-refractivity contribution in [3.63, 3.8) is 0 Å². The van der Waals surface area contributed by atoms with Crippen LogP contribution in [0.3, 0.4) is 0 Å². The molecule has 0 aliphatic carbocycles. The van der Waals surface area contributed by atoms with E-state index in [1.165, 1.54) is 48.5 Å². The Labute approximate surface area is 230 Å². The van der Waals surface area contributed by atoms with Crippen molar-refractivity contribution >= 4 is 87.6 Å². The molecule has 188 valence electrons. The van der Waals surface area contributed by atoms with Crippen molar-refractivity contribution in [3.05, 3.63) is 91.9 Å². The molecule has 3 aromatic rings. The lowest BCUT2D eigenvalue weighted by Gasteiger charge is -2.26. The highest BCUT2D eigenvalue weighted by Gasteiger charge is 2.37. The van der Waals surface area contributed by atoms with Crippen LogP contribution in [0.25, 0.3) is 6.08 Å². The summed E-state index contributed by atoms with van der Waals surface area (Å²) >= 11 is 24.0. The van der Waals surface area contributed by atoms with Crippen LogP contribution < -0.4 is 20.3 Å². The van der Waals surface area contributed by atoms with Crippen LogP contribution in [0.2, 0.25) is 20.1 Å². The van der Waals surface area contributed by atoms with E-state index in [9.17, 15) is 19.2 Å². The van der Waals surface area contributed by atoms with E-state index in [4.69, 9.17) is 51.1 Å². The molecule has 0 spiro atoms. The van der Waals surface area contributed by atoms with Crippen molar-refractivity contribution in [3.8, 4) is 5.75 Å². The van der Waals surface area contributed by atoms with Crippen molar-refractivity contribution in [2.75, 3.05) is 16.8 Å². The fourth-order valence-electron chi connectivity index (χ4n) is 3.34. The molecule has 5 amide bonds. The Hall–Kier alpha value is -3.56. The number of ether oxygens (including phenoxy) is 1. The van der Waals surface area contributed by atoms with Gasteiger partial charge in [-0.15, -0.1) is 0 Å². The number of nitrogens with zero attached hydrogens (tertiary/aromatic N) is 1. The molecule has 1 aliphatic rings. The number of imide groups is 2. The maximum absolute atomic E-state index is 13.2. The Morgan fingerprint density at radius 3 is 2.41 bits per heavy atom. The third-order valence-corrected chi connectivity index (χ3v) is 6.21. The van der Waals surface area contributed by atoms with Gasteiger partial charge in [0, 0.05) is 21.3 Å². The topological polar surface area (TPSA) is 105 Å².